The molecule has 0 aliphatic heterocycles. The molecule has 7 nitrogen and oxygen atoms in total. The maximum Gasteiger partial charge on any atom is 0.307 e. The second-order valence-electron chi connectivity index (χ2n) is 12.5. The van der Waals surface area contributed by atoms with Gasteiger partial charge in [-0.25, -0.2) is 4.98 Å². The molecule has 2 fully saturated rings. The van der Waals surface area contributed by atoms with E-state index in [1.165, 1.54) is 75.7 Å². The lowest BCUT2D eigenvalue weighted by Gasteiger charge is -2.21. The minimum atomic E-state index is -0.162. The van der Waals surface area contributed by atoms with Gasteiger partial charge in [-0.05, 0) is 62.3 Å². The number of hydrogen-bond donors (Lipinski definition) is 0. The van der Waals surface area contributed by atoms with Crippen molar-refractivity contribution >= 4 is 55.1 Å². The Hall–Kier alpha value is -0.490. The highest BCUT2D eigenvalue weighted by molar-refractivity contribution is 8.77. The summed E-state index contributed by atoms with van der Waals surface area (Å²) in [6, 6.07) is 0. The van der Waals surface area contributed by atoms with Crippen molar-refractivity contribution in [3.8, 4) is 0 Å². The second-order valence-corrected chi connectivity index (χ2v) is 17.9. The van der Waals surface area contributed by atoms with Crippen molar-refractivity contribution in [2.24, 2.45) is 23.7 Å². The smallest absolute Gasteiger partial charge is 0.307 e. The van der Waals surface area contributed by atoms with E-state index in [0.717, 1.165) is 54.7 Å². The predicted molar refractivity (Wildman–Crippen MR) is 196 cm³/mol. The van der Waals surface area contributed by atoms with E-state index in [-0.39, 0.29) is 11.9 Å². The van der Waals surface area contributed by atoms with Crippen LogP contribution in [0.2, 0.25) is 0 Å². The van der Waals surface area contributed by atoms with Gasteiger partial charge in [-0.2, -0.15) is 0 Å². The Kier molecular flexibility index (Phi) is 21.3. The van der Waals surface area contributed by atoms with Gasteiger partial charge in [0.1, 0.15) is 13.2 Å². The summed E-state index contributed by atoms with van der Waals surface area (Å²) in [6.07, 6.45) is 20.8. The van der Waals surface area contributed by atoms with Gasteiger partial charge in [-0.15, -0.1) is 0 Å². The first-order chi connectivity index (χ1) is 22.1. The van der Waals surface area contributed by atoms with Crippen molar-refractivity contribution in [2.75, 3.05) is 55.9 Å². The largest absolute Gasteiger partial charge is 0.465 e. The van der Waals surface area contributed by atoms with Crippen LogP contribution < -0.4 is 0 Å². The van der Waals surface area contributed by atoms with E-state index in [4.69, 9.17) is 9.47 Å². The van der Waals surface area contributed by atoms with Crippen LogP contribution in [0.5, 0.6) is 0 Å². The summed E-state index contributed by atoms with van der Waals surface area (Å²) < 4.78 is 13.0. The molecule has 3 rings (SSSR count). The van der Waals surface area contributed by atoms with Crippen LogP contribution in [0, 0.1) is 23.7 Å². The van der Waals surface area contributed by atoms with E-state index in [0.29, 0.717) is 39.1 Å². The maximum atomic E-state index is 12.4. The van der Waals surface area contributed by atoms with Crippen LogP contribution in [-0.2, 0) is 25.6 Å². The van der Waals surface area contributed by atoms with Gasteiger partial charge in [0.15, 0.2) is 0 Å². The molecule has 258 valence electrons. The average Bonchev–Trinajstić information content (AvgIpc) is 3.94. The Morgan fingerprint density at radius 3 is 1.73 bits per heavy atom. The van der Waals surface area contributed by atoms with Crippen molar-refractivity contribution in [1.29, 1.82) is 0 Å². The van der Waals surface area contributed by atoms with Crippen molar-refractivity contribution in [2.45, 2.75) is 104 Å². The summed E-state index contributed by atoms with van der Waals surface area (Å²) in [5, 5.41) is 0. The average molecular weight is 702 g/mol. The van der Waals surface area contributed by atoms with E-state index in [1.807, 2.05) is 34.1 Å². The van der Waals surface area contributed by atoms with Crippen molar-refractivity contribution in [3.63, 3.8) is 0 Å². The Bertz CT molecular complexity index is 858. The monoisotopic (exact) mass is 701 g/mol. The van der Waals surface area contributed by atoms with Crippen LogP contribution in [0.3, 0.4) is 0 Å². The lowest BCUT2D eigenvalue weighted by Crippen LogP contribution is -2.31. The Balaban J connectivity index is 1.17. The summed E-state index contributed by atoms with van der Waals surface area (Å²) in [7, 11) is 7.41. The molecule has 2 saturated carbocycles. The molecule has 2 aliphatic rings. The van der Waals surface area contributed by atoms with Gasteiger partial charge in [0.05, 0.1) is 19.2 Å². The quantitative estimate of drug-likeness (QED) is 0.0442. The van der Waals surface area contributed by atoms with Crippen LogP contribution in [0.4, 0.5) is 0 Å². The van der Waals surface area contributed by atoms with Crippen LogP contribution in [0.15, 0.2) is 18.7 Å². The van der Waals surface area contributed by atoms with Gasteiger partial charge >= 0.3 is 11.9 Å². The third-order valence-electron chi connectivity index (χ3n) is 9.03. The minimum Gasteiger partial charge on any atom is -0.465 e. The number of nitrogens with zero attached hydrogens (tertiary/aromatic N) is 3. The molecule has 0 N–H and O–H groups in total. The van der Waals surface area contributed by atoms with Crippen molar-refractivity contribution in [3.05, 3.63) is 18.7 Å². The number of ether oxygens (including phenoxy) is 2. The summed E-state index contributed by atoms with van der Waals surface area (Å²) in [4.78, 5) is 31.1. The maximum absolute atomic E-state index is 12.4. The van der Waals surface area contributed by atoms with E-state index >= 15 is 0 Å². The SMILES string of the molecule is CCC1CC1CCCCSSCCOC(=O)CCN(CCCn1ccnc1)CCC(=O)OCCSSCCCCC1CC1CC. The molecule has 45 heavy (non-hydrogen) atoms. The third-order valence-corrected chi connectivity index (χ3v) is 13.9. The molecular formula is C34H59N3O4S4. The fourth-order valence-corrected chi connectivity index (χ4v) is 9.90. The number of unbranched alkanes of at least 4 members (excludes halogenated alkanes) is 2. The standard InChI is InChI=1S/C34H59N3O4S4/c1-3-29-26-31(29)10-5-7-22-42-44-24-20-40-33(38)12-17-36(15-9-16-37-19-14-35-28-37)18-13-34(39)41-21-25-45-43-23-8-6-11-32-27-30(32)4-2/h14,19,28-32H,3-13,15-18,20-27H2,1-2H3. The lowest BCUT2D eigenvalue weighted by molar-refractivity contribution is -0.143. The molecule has 1 heterocycles. The molecule has 0 amide bonds. The molecule has 11 heteroatoms. The minimum absolute atomic E-state index is 0.162. The number of rotatable bonds is 30. The molecule has 1 aromatic rings. The van der Waals surface area contributed by atoms with Gasteiger partial charge in [0, 0.05) is 55.0 Å². The Morgan fingerprint density at radius 2 is 1.27 bits per heavy atom. The second kappa shape index (κ2) is 24.6. The van der Waals surface area contributed by atoms with E-state index in [2.05, 4.69) is 28.3 Å². The Morgan fingerprint density at radius 1 is 0.733 bits per heavy atom. The van der Waals surface area contributed by atoms with Crippen LogP contribution in [-0.4, -0.2) is 82.2 Å². The molecule has 0 saturated heterocycles. The molecule has 0 spiro atoms. The van der Waals surface area contributed by atoms with E-state index in [9.17, 15) is 9.59 Å². The molecule has 0 aromatic carbocycles. The summed E-state index contributed by atoms with van der Waals surface area (Å²) >= 11 is 0. The Labute approximate surface area is 289 Å². The van der Waals surface area contributed by atoms with Gasteiger partial charge in [-0.3, -0.25) is 9.59 Å². The predicted octanol–water partition coefficient (Wildman–Crippen LogP) is 8.64. The molecular weight excluding hydrogens is 643 g/mol. The number of imidazole rings is 1. The zero-order valence-corrected chi connectivity index (χ0v) is 31.2. The van der Waals surface area contributed by atoms with Crippen LogP contribution in [0.25, 0.3) is 0 Å². The number of carbonyl (C=O) groups is 2. The fourth-order valence-electron chi connectivity index (χ4n) is 5.95. The van der Waals surface area contributed by atoms with E-state index < -0.39 is 0 Å². The summed E-state index contributed by atoms with van der Waals surface area (Å²) in [5.74, 6) is 7.73. The van der Waals surface area contributed by atoms with Crippen LogP contribution >= 0.6 is 43.2 Å². The van der Waals surface area contributed by atoms with Crippen molar-refractivity contribution < 1.29 is 19.1 Å². The van der Waals surface area contributed by atoms with E-state index in [1.54, 1.807) is 27.8 Å². The number of esters is 2. The first-order valence-electron chi connectivity index (χ1n) is 17.6. The van der Waals surface area contributed by atoms with Gasteiger partial charge in [0.2, 0.25) is 0 Å². The molecule has 4 unspecified atom stereocenters. The summed E-state index contributed by atoms with van der Waals surface area (Å²) in [5.41, 5.74) is 0. The van der Waals surface area contributed by atoms with Gasteiger partial charge < -0.3 is 18.9 Å². The molecule has 0 radical (unpaired) electrons. The van der Waals surface area contributed by atoms with Crippen molar-refractivity contribution in [1.82, 2.24) is 14.5 Å². The molecule has 2 aliphatic carbocycles. The van der Waals surface area contributed by atoms with Crippen LogP contribution in [0.1, 0.15) is 97.3 Å². The first-order valence-corrected chi connectivity index (χ1v) is 22.5. The molecule has 1 aromatic heterocycles. The summed E-state index contributed by atoms with van der Waals surface area (Å²) in [6.45, 7) is 8.37. The number of aryl methyl sites for hydroxylation is 1. The third kappa shape index (κ3) is 19.2. The van der Waals surface area contributed by atoms with Gasteiger partial charge in [-0.1, -0.05) is 95.5 Å². The van der Waals surface area contributed by atoms with Gasteiger partial charge in [0.25, 0.3) is 0 Å². The highest BCUT2D eigenvalue weighted by Crippen LogP contribution is 2.45. The topological polar surface area (TPSA) is 73.7 Å². The normalized spacial score (nSPS) is 20.4. The molecule has 0 bridgehead atoms. The highest BCUT2D eigenvalue weighted by Gasteiger charge is 2.34. The number of carbonyl (C=O) groups excluding carboxylic acids is 2. The number of aromatic nitrogens is 2. The number of hydrogen-bond acceptors (Lipinski definition) is 10. The first kappa shape index (κ1) is 39.0. The lowest BCUT2D eigenvalue weighted by atomic mass is 10.1. The molecule has 4 atom stereocenters. The zero-order chi connectivity index (χ0) is 32.0. The fraction of sp³-hybridized carbons (Fsp3) is 0.853. The highest BCUT2D eigenvalue weighted by atomic mass is 33.1. The zero-order valence-electron chi connectivity index (χ0n) is 27.9.